The number of carbonyl (C=O) groups is 2. The van der Waals surface area contributed by atoms with E-state index < -0.39 is 0 Å². The first kappa shape index (κ1) is 45.8. The summed E-state index contributed by atoms with van der Waals surface area (Å²) in [7, 11) is 0. The lowest BCUT2D eigenvalue weighted by molar-refractivity contribution is 0.0980. The van der Waals surface area contributed by atoms with Gasteiger partial charge in [-0.15, -0.1) is 0 Å². The molecule has 0 fully saturated rings. The quantitative estimate of drug-likeness (QED) is 0.0583. The Morgan fingerprint density at radius 1 is 0.333 bits per heavy atom. The van der Waals surface area contributed by atoms with E-state index in [1.807, 2.05) is 24.3 Å². The molecule has 1 aliphatic carbocycles. The Bertz CT molecular complexity index is 1170. The average Bonchev–Trinajstić information content (AvgIpc) is 3.19. The number of rotatable bonds is 36. The van der Waals surface area contributed by atoms with Gasteiger partial charge < -0.3 is 10.6 Å². The highest BCUT2D eigenvalue weighted by Gasteiger charge is 2.33. The van der Waals surface area contributed by atoms with Crippen LogP contribution in [0, 0.1) is 0 Å². The number of nitrogens with one attached hydrogen (secondary N) is 2. The lowest BCUT2D eigenvalue weighted by Gasteiger charge is -2.24. The van der Waals surface area contributed by atoms with Crippen molar-refractivity contribution in [1.29, 1.82) is 0 Å². The zero-order chi connectivity index (χ0) is 38.3. The molecule has 2 N–H and O–H groups in total. The van der Waals surface area contributed by atoms with Crippen molar-refractivity contribution in [3.63, 3.8) is 0 Å². The number of hydrogen-bond acceptors (Lipinski definition) is 4. The maximum Gasteiger partial charge on any atom is 0.196 e. The fraction of sp³-hybridized carbons (Fsp3) is 0.720. The van der Waals surface area contributed by atoms with Crippen LogP contribution in [-0.2, 0) is 0 Å². The Morgan fingerprint density at radius 2 is 0.574 bits per heavy atom. The van der Waals surface area contributed by atoms with E-state index in [9.17, 15) is 9.59 Å². The van der Waals surface area contributed by atoms with Crippen molar-refractivity contribution in [3.05, 3.63) is 58.7 Å². The molecule has 0 aliphatic heterocycles. The zero-order valence-corrected chi connectivity index (χ0v) is 35.3. The average molecular weight is 743 g/mol. The van der Waals surface area contributed by atoms with Crippen molar-refractivity contribution in [2.75, 3.05) is 23.7 Å². The molecule has 0 heterocycles. The van der Waals surface area contributed by atoms with E-state index in [0.29, 0.717) is 22.3 Å². The fourth-order valence-electron chi connectivity index (χ4n) is 8.31. The molecular weight excluding hydrogens is 661 g/mol. The van der Waals surface area contributed by atoms with Gasteiger partial charge in [0.15, 0.2) is 11.6 Å². The third-order valence-corrected chi connectivity index (χ3v) is 11.8. The summed E-state index contributed by atoms with van der Waals surface area (Å²) in [6.07, 6.45) is 43.4. The molecule has 54 heavy (non-hydrogen) atoms. The van der Waals surface area contributed by atoms with E-state index in [4.69, 9.17) is 0 Å². The molecule has 304 valence electrons. The van der Waals surface area contributed by atoms with E-state index in [-0.39, 0.29) is 11.6 Å². The maximum atomic E-state index is 13.8. The predicted molar refractivity (Wildman–Crippen MR) is 236 cm³/mol. The summed E-state index contributed by atoms with van der Waals surface area (Å²) in [5.41, 5.74) is 3.74. The largest absolute Gasteiger partial charge is 0.384 e. The van der Waals surface area contributed by atoms with Crippen molar-refractivity contribution in [3.8, 4) is 0 Å². The monoisotopic (exact) mass is 743 g/mol. The second kappa shape index (κ2) is 30.6. The summed E-state index contributed by atoms with van der Waals surface area (Å²) in [5, 5.41) is 7.11. The summed E-state index contributed by atoms with van der Waals surface area (Å²) in [4.78, 5) is 27.6. The van der Waals surface area contributed by atoms with Gasteiger partial charge in [-0.2, -0.15) is 0 Å². The highest BCUT2D eigenvalue weighted by molar-refractivity contribution is 6.31. The normalized spacial score (nSPS) is 12.3. The SMILES string of the molecule is CCCCCCCCCCCCCCCCCCNc1ccc(NCCCCCCCCCCCCCCCCCC)c2c1C(=O)c1ccccc1C2=O. The second-order valence-electron chi connectivity index (χ2n) is 16.6. The second-order valence-corrected chi connectivity index (χ2v) is 16.6. The zero-order valence-electron chi connectivity index (χ0n) is 35.3. The van der Waals surface area contributed by atoms with Crippen LogP contribution in [0.15, 0.2) is 36.4 Å². The Labute approximate surface area is 333 Å². The van der Waals surface area contributed by atoms with Gasteiger partial charge in [0.1, 0.15) is 0 Å². The first-order valence-electron chi connectivity index (χ1n) is 23.5. The van der Waals surface area contributed by atoms with Crippen LogP contribution in [0.2, 0.25) is 0 Å². The molecule has 0 radical (unpaired) electrons. The molecule has 0 aromatic heterocycles. The Kier molecular flexibility index (Phi) is 25.9. The molecule has 2 aromatic carbocycles. The number of carbonyl (C=O) groups excluding carboxylic acids is 2. The Morgan fingerprint density at radius 3 is 0.833 bits per heavy atom. The van der Waals surface area contributed by atoms with Gasteiger partial charge in [-0.05, 0) is 25.0 Å². The number of hydrogen-bond donors (Lipinski definition) is 2. The fourth-order valence-corrected chi connectivity index (χ4v) is 8.31. The number of fused-ring (bicyclic) bond motifs is 2. The van der Waals surface area contributed by atoms with Gasteiger partial charge in [-0.25, -0.2) is 0 Å². The smallest absolute Gasteiger partial charge is 0.196 e. The topological polar surface area (TPSA) is 58.2 Å². The van der Waals surface area contributed by atoms with Crippen molar-refractivity contribution >= 4 is 22.9 Å². The number of unbranched alkanes of at least 4 members (excludes halogenated alkanes) is 30. The Balaban J connectivity index is 1.30. The van der Waals surface area contributed by atoms with Crippen molar-refractivity contribution in [2.45, 2.75) is 219 Å². The molecule has 0 amide bonds. The minimum Gasteiger partial charge on any atom is -0.384 e. The highest BCUT2D eigenvalue weighted by Crippen LogP contribution is 2.36. The summed E-state index contributed by atoms with van der Waals surface area (Å²) in [6, 6.07) is 11.3. The molecule has 2 aromatic rings. The summed E-state index contributed by atoms with van der Waals surface area (Å²) >= 11 is 0. The maximum absolute atomic E-state index is 13.8. The lowest BCUT2D eigenvalue weighted by atomic mass is 9.82. The summed E-state index contributed by atoms with van der Waals surface area (Å²) < 4.78 is 0. The van der Waals surface area contributed by atoms with Gasteiger partial charge in [-0.1, -0.05) is 231 Å². The van der Waals surface area contributed by atoms with E-state index in [1.165, 1.54) is 193 Å². The number of benzene rings is 2. The van der Waals surface area contributed by atoms with Crippen LogP contribution in [-0.4, -0.2) is 24.7 Å². The molecule has 0 unspecified atom stereocenters. The van der Waals surface area contributed by atoms with Crippen LogP contribution in [0.1, 0.15) is 251 Å². The molecule has 0 atom stereocenters. The van der Waals surface area contributed by atoms with Crippen molar-refractivity contribution < 1.29 is 9.59 Å². The highest BCUT2D eigenvalue weighted by atomic mass is 16.1. The van der Waals surface area contributed by atoms with Crippen LogP contribution in [0.4, 0.5) is 11.4 Å². The molecule has 0 saturated heterocycles. The van der Waals surface area contributed by atoms with Gasteiger partial charge in [0, 0.05) is 35.6 Å². The van der Waals surface area contributed by atoms with Crippen molar-refractivity contribution in [2.24, 2.45) is 0 Å². The van der Waals surface area contributed by atoms with Crippen LogP contribution < -0.4 is 10.6 Å². The predicted octanol–water partition coefficient (Wildman–Crippen LogP) is 15.8. The standard InChI is InChI=1S/C50H82N2O2/c1-3-5-7-9-11-13-15-17-19-21-23-25-27-29-31-35-41-51-45-39-40-46(48-47(45)49(53)43-37-33-34-38-44(43)50(48)54)52-42-36-32-30-28-26-24-22-20-18-16-14-12-10-8-6-4-2/h33-34,37-40,51-52H,3-32,35-36,41-42H2,1-2H3. The van der Waals surface area contributed by atoms with E-state index >= 15 is 0 Å². The molecule has 0 saturated carbocycles. The van der Waals surface area contributed by atoms with Crippen LogP contribution in [0.25, 0.3) is 0 Å². The van der Waals surface area contributed by atoms with Crippen LogP contribution in [0.5, 0.6) is 0 Å². The molecule has 0 bridgehead atoms. The number of anilines is 2. The van der Waals surface area contributed by atoms with Gasteiger partial charge in [0.25, 0.3) is 0 Å². The molecule has 4 nitrogen and oxygen atoms in total. The van der Waals surface area contributed by atoms with Gasteiger partial charge in [-0.3, -0.25) is 9.59 Å². The lowest BCUT2D eigenvalue weighted by Crippen LogP contribution is -2.24. The molecule has 3 rings (SSSR count). The number of ketones is 2. The molecule has 1 aliphatic rings. The third kappa shape index (κ3) is 18.3. The van der Waals surface area contributed by atoms with Crippen molar-refractivity contribution in [1.82, 2.24) is 0 Å². The first-order chi connectivity index (χ1) is 26.7. The van der Waals surface area contributed by atoms with Crippen LogP contribution in [0.3, 0.4) is 0 Å². The van der Waals surface area contributed by atoms with Gasteiger partial charge >= 0.3 is 0 Å². The van der Waals surface area contributed by atoms with E-state index in [2.05, 4.69) is 24.5 Å². The van der Waals surface area contributed by atoms with E-state index in [1.54, 1.807) is 12.1 Å². The minimum atomic E-state index is -0.0410. The molecule has 4 heteroatoms. The third-order valence-electron chi connectivity index (χ3n) is 11.8. The van der Waals surface area contributed by atoms with Gasteiger partial charge in [0.05, 0.1) is 11.1 Å². The molecule has 0 spiro atoms. The van der Waals surface area contributed by atoms with Gasteiger partial charge in [0.2, 0.25) is 0 Å². The molecular formula is C50H82N2O2. The minimum absolute atomic E-state index is 0.0410. The van der Waals surface area contributed by atoms with E-state index in [0.717, 1.165) is 37.3 Å². The first-order valence-corrected chi connectivity index (χ1v) is 23.5. The summed E-state index contributed by atoms with van der Waals surface area (Å²) in [6.45, 7) is 6.22. The Hall–Kier alpha value is -2.62. The summed E-state index contributed by atoms with van der Waals surface area (Å²) in [5.74, 6) is -0.0820. The van der Waals surface area contributed by atoms with Crippen LogP contribution >= 0.6 is 0 Å².